The molecule has 1 saturated heterocycles. The van der Waals surface area contributed by atoms with Crippen molar-refractivity contribution in [2.45, 2.75) is 63.8 Å². The van der Waals surface area contributed by atoms with E-state index >= 15 is 0 Å². The minimum atomic E-state index is -3.52. The maximum absolute atomic E-state index is 12.6. The summed E-state index contributed by atoms with van der Waals surface area (Å²) in [5, 5.41) is 3.09. The van der Waals surface area contributed by atoms with Gasteiger partial charge in [-0.05, 0) is 44.2 Å². The minimum absolute atomic E-state index is 0.0560. The van der Waals surface area contributed by atoms with Gasteiger partial charge >= 0.3 is 0 Å². The topological polar surface area (TPSA) is 79.4 Å². The van der Waals surface area contributed by atoms with Crippen molar-refractivity contribution in [2.75, 3.05) is 13.1 Å². The largest absolute Gasteiger partial charge is 0.353 e. The van der Waals surface area contributed by atoms with E-state index in [1.54, 1.807) is 18.3 Å². The van der Waals surface area contributed by atoms with Gasteiger partial charge in [0.25, 0.3) is 0 Å². The number of hydrogen-bond acceptors (Lipinski definition) is 4. The molecular weight excluding hydrogens is 350 g/mol. The first-order valence-corrected chi connectivity index (χ1v) is 10.9. The Labute approximate surface area is 157 Å². The average molecular weight is 382 g/mol. The van der Waals surface area contributed by atoms with E-state index in [4.69, 9.17) is 0 Å². The van der Waals surface area contributed by atoms with Gasteiger partial charge in [-0.3, -0.25) is 9.78 Å². The molecule has 0 spiro atoms. The number of aromatic nitrogens is 1. The number of piperidine rings is 1. The third kappa shape index (κ3) is 5.77. The van der Waals surface area contributed by atoms with Crippen LogP contribution in [0.2, 0.25) is 0 Å². The van der Waals surface area contributed by atoms with Crippen LogP contribution in [0.15, 0.2) is 29.4 Å². The van der Waals surface area contributed by atoms with Gasteiger partial charge in [-0.25, -0.2) is 8.42 Å². The van der Waals surface area contributed by atoms with Crippen molar-refractivity contribution in [3.8, 4) is 0 Å². The van der Waals surface area contributed by atoms with Crippen LogP contribution in [0.1, 0.15) is 52.9 Å². The lowest BCUT2D eigenvalue weighted by molar-refractivity contribution is -0.126. The molecule has 0 saturated carbocycles. The molecule has 0 radical (unpaired) electrons. The molecule has 0 aliphatic carbocycles. The van der Waals surface area contributed by atoms with E-state index in [0.717, 1.165) is 12.8 Å². The summed E-state index contributed by atoms with van der Waals surface area (Å²) in [7, 11) is -3.52. The first-order valence-electron chi connectivity index (χ1n) is 9.51. The number of carbonyl (C=O) groups is 1. The monoisotopic (exact) mass is 381 g/mol. The summed E-state index contributed by atoms with van der Waals surface area (Å²) in [6.07, 6.45) is 7.31. The first-order chi connectivity index (χ1) is 12.3. The SMILES string of the molecule is CC(C)CCCC(C)NC(=O)C1CCN(S(=O)(=O)c2cccnc2)CC1. The molecule has 1 aromatic rings. The van der Waals surface area contributed by atoms with Gasteiger partial charge in [-0.15, -0.1) is 0 Å². The molecule has 1 aliphatic rings. The van der Waals surface area contributed by atoms with E-state index in [9.17, 15) is 13.2 Å². The highest BCUT2D eigenvalue weighted by Gasteiger charge is 2.32. The van der Waals surface area contributed by atoms with E-state index in [-0.39, 0.29) is 22.8 Å². The second kappa shape index (κ2) is 9.46. The minimum Gasteiger partial charge on any atom is -0.353 e. The lowest BCUT2D eigenvalue weighted by Gasteiger charge is -2.31. The van der Waals surface area contributed by atoms with Crippen molar-refractivity contribution >= 4 is 15.9 Å². The summed E-state index contributed by atoms with van der Waals surface area (Å²) in [4.78, 5) is 16.5. The van der Waals surface area contributed by atoms with Crippen molar-refractivity contribution in [3.05, 3.63) is 24.5 Å². The van der Waals surface area contributed by atoms with Crippen LogP contribution in [0, 0.1) is 11.8 Å². The quantitative estimate of drug-likeness (QED) is 0.751. The summed E-state index contributed by atoms with van der Waals surface area (Å²) in [5.41, 5.74) is 0. The molecule has 146 valence electrons. The Hall–Kier alpha value is -1.47. The molecule has 1 amide bonds. The maximum Gasteiger partial charge on any atom is 0.244 e. The predicted octanol–water partition coefficient (Wildman–Crippen LogP) is 2.81. The number of nitrogens with zero attached hydrogens (tertiary/aromatic N) is 2. The molecule has 0 bridgehead atoms. The fraction of sp³-hybridized carbons (Fsp3) is 0.684. The second-order valence-corrected chi connectivity index (χ2v) is 9.54. The molecule has 2 rings (SSSR count). The number of nitrogens with one attached hydrogen (secondary N) is 1. The molecule has 0 aromatic carbocycles. The molecule has 1 aliphatic heterocycles. The fourth-order valence-corrected chi connectivity index (χ4v) is 4.71. The highest BCUT2D eigenvalue weighted by molar-refractivity contribution is 7.89. The Morgan fingerprint density at radius 2 is 1.96 bits per heavy atom. The van der Waals surface area contributed by atoms with Crippen LogP contribution < -0.4 is 5.32 Å². The van der Waals surface area contributed by atoms with Crippen molar-refractivity contribution in [2.24, 2.45) is 11.8 Å². The molecule has 6 nitrogen and oxygen atoms in total. The Kier molecular flexibility index (Phi) is 7.58. The van der Waals surface area contributed by atoms with Gasteiger partial charge in [0.1, 0.15) is 4.90 Å². The summed E-state index contributed by atoms with van der Waals surface area (Å²) >= 11 is 0. The Morgan fingerprint density at radius 3 is 2.54 bits per heavy atom. The lowest BCUT2D eigenvalue weighted by atomic mass is 9.96. The van der Waals surface area contributed by atoms with Crippen LogP contribution in [-0.4, -0.2) is 42.7 Å². The van der Waals surface area contributed by atoms with E-state index in [0.29, 0.717) is 31.8 Å². The van der Waals surface area contributed by atoms with Crippen LogP contribution in [-0.2, 0) is 14.8 Å². The van der Waals surface area contributed by atoms with Gasteiger partial charge in [0.2, 0.25) is 15.9 Å². The van der Waals surface area contributed by atoms with Gasteiger partial charge in [-0.1, -0.05) is 26.7 Å². The van der Waals surface area contributed by atoms with Gasteiger partial charge < -0.3 is 5.32 Å². The lowest BCUT2D eigenvalue weighted by Crippen LogP contribution is -2.44. The summed E-state index contributed by atoms with van der Waals surface area (Å²) < 4.78 is 26.7. The van der Waals surface area contributed by atoms with Crippen molar-refractivity contribution in [3.63, 3.8) is 0 Å². The zero-order valence-corrected chi connectivity index (χ0v) is 16.8. The predicted molar refractivity (Wildman–Crippen MR) is 102 cm³/mol. The van der Waals surface area contributed by atoms with E-state index in [2.05, 4.69) is 24.1 Å². The molecule has 2 heterocycles. The van der Waals surface area contributed by atoms with Gasteiger partial charge in [0.15, 0.2) is 0 Å². The molecule has 1 aromatic heterocycles. The standard InChI is InChI=1S/C19H31N3O3S/c1-15(2)6-4-7-16(3)21-19(23)17-9-12-22(13-10-17)26(24,25)18-8-5-11-20-14-18/h5,8,11,14-17H,4,6-7,9-10,12-13H2,1-3H3,(H,21,23). The molecular formula is C19H31N3O3S. The normalized spacial score (nSPS) is 18.0. The second-order valence-electron chi connectivity index (χ2n) is 7.60. The molecule has 1 atom stereocenters. The van der Waals surface area contributed by atoms with E-state index < -0.39 is 10.0 Å². The highest BCUT2D eigenvalue weighted by Crippen LogP contribution is 2.23. The van der Waals surface area contributed by atoms with Crippen molar-refractivity contribution < 1.29 is 13.2 Å². The third-order valence-electron chi connectivity index (χ3n) is 4.90. The summed E-state index contributed by atoms with van der Waals surface area (Å²) in [5.74, 6) is 0.632. The van der Waals surface area contributed by atoms with Crippen molar-refractivity contribution in [1.82, 2.24) is 14.6 Å². The Balaban J connectivity index is 1.81. The van der Waals surface area contributed by atoms with Gasteiger partial charge in [0, 0.05) is 37.4 Å². The zero-order chi connectivity index (χ0) is 19.2. The number of hydrogen-bond donors (Lipinski definition) is 1. The van der Waals surface area contributed by atoms with Crippen LogP contribution in [0.5, 0.6) is 0 Å². The molecule has 1 unspecified atom stereocenters. The number of rotatable bonds is 8. The van der Waals surface area contributed by atoms with Crippen LogP contribution >= 0.6 is 0 Å². The van der Waals surface area contributed by atoms with Crippen LogP contribution in [0.4, 0.5) is 0 Å². The summed E-state index contributed by atoms with van der Waals surface area (Å²) in [6, 6.07) is 3.34. The van der Waals surface area contributed by atoms with Crippen molar-refractivity contribution in [1.29, 1.82) is 0 Å². The number of amides is 1. The molecule has 26 heavy (non-hydrogen) atoms. The number of carbonyl (C=O) groups excluding carboxylic acids is 1. The molecule has 7 heteroatoms. The Morgan fingerprint density at radius 1 is 1.27 bits per heavy atom. The summed E-state index contributed by atoms with van der Waals surface area (Å²) in [6.45, 7) is 7.20. The molecule has 1 N–H and O–H groups in total. The third-order valence-corrected chi connectivity index (χ3v) is 6.79. The Bertz CT molecular complexity index is 669. The van der Waals surface area contributed by atoms with Gasteiger partial charge in [0.05, 0.1) is 0 Å². The van der Waals surface area contributed by atoms with E-state index in [1.807, 2.05) is 6.92 Å². The molecule has 1 fully saturated rings. The van der Waals surface area contributed by atoms with Crippen LogP contribution in [0.3, 0.4) is 0 Å². The average Bonchev–Trinajstić information content (AvgIpc) is 2.62. The number of sulfonamides is 1. The maximum atomic E-state index is 12.6. The zero-order valence-electron chi connectivity index (χ0n) is 16.0. The first kappa shape index (κ1) is 20.8. The fourth-order valence-electron chi connectivity index (χ4n) is 3.27. The van der Waals surface area contributed by atoms with Crippen LogP contribution in [0.25, 0.3) is 0 Å². The highest BCUT2D eigenvalue weighted by atomic mass is 32.2. The van der Waals surface area contributed by atoms with Gasteiger partial charge in [-0.2, -0.15) is 4.31 Å². The van der Waals surface area contributed by atoms with E-state index in [1.165, 1.54) is 16.9 Å². The smallest absolute Gasteiger partial charge is 0.244 e. The number of pyridine rings is 1.